The van der Waals surface area contributed by atoms with Crippen LogP contribution < -0.4 is 4.90 Å². The molecule has 0 atom stereocenters. The molecule has 0 radical (unpaired) electrons. The summed E-state index contributed by atoms with van der Waals surface area (Å²) in [6, 6.07) is 25.7. The number of nitrogens with zero attached hydrogens (tertiary/aromatic N) is 4. The zero-order valence-corrected chi connectivity index (χ0v) is 16.8. The summed E-state index contributed by atoms with van der Waals surface area (Å²) in [5.41, 5.74) is 2.58. The third-order valence-corrected chi connectivity index (χ3v) is 5.53. The molecule has 2 aromatic carbocycles. The van der Waals surface area contributed by atoms with E-state index in [-0.39, 0.29) is 11.8 Å². The highest BCUT2D eigenvalue weighted by Gasteiger charge is 2.29. The zero-order valence-electron chi connectivity index (χ0n) is 16.8. The predicted octanol–water partition coefficient (Wildman–Crippen LogP) is 3.82. The number of hydrogen-bond acceptors (Lipinski definition) is 4. The van der Waals surface area contributed by atoms with Gasteiger partial charge >= 0.3 is 0 Å². The largest absolute Gasteiger partial charge is 0.354 e. The molecular weight excluding hydrogens is 372 g/mol. The van der Waals surface area contributed by atoms with Crippen molar-refractivity contribution >= 4 is 11.7 Å². The highest BCUT2D eigenvalue weighted by atomic mass is 16.2. The van der Waals surface area contributed by atoms with Gasteiger partial charge in [0.15, 0.2) is 0 Å². The van der Waals surface area contributed by atoms with Crippen molar-refractivity contribution in [2.75, 3.05) is 31.1 Å². The Kier molecular flexibility index (Phi) is 6.05. The molecule has 5 nitrogen and oxygen atoms in total. The van der Waals surface area contributed by atoms with Gasteiger partial charge in [0.1, 0.15) is 11.9 Å². The molecule has 0 N–H and O–H groups in total. The molecule has 3 aromatic rings. The lowest BCUT2D eigenvalue weighted by atomic mass is 9.90. The van der Waals surface area contributed by atoms with Crippen molar-refractivity contribution in [2.45, 2.75) is 12.3 Å². The van der Waals surface area contributed by atoms with Crippen LogP contribution in [0.25, 0.3) is 0 Å². The van der Waals surface area contributed by atoms with E-state index in [1.807, 2.05) is 65.6 Å². The number of nitriles is 1. The lowest BCUT2D eigenvalue weighted by Crippen LogP contribution is -2.38. The molecule has 1 amide bonds. The zero-order chi connectivity index (χ0) is 20.8. The number of carbonyl (C=O) groups excluding carboxylic acids is 1. The fourth-order valence-electron chi connectivity index (χ4n) is 4.04. The number of carbonyl (C=O) groups is 1. The molecule has 0 aliphatic carbocycles. The van der Waals surface area contributed by atoms with Gasteiger partial charge < -0.3 is 9.80 Å². The van der Waals surface area contributed by atoms with E-state index in [0.717, 1.165) is 24.1 Å². The first-order chi connectivity index (χ1) is 14.8. The number of rotatable bonds is 4. The second-order valence-electron chi connectivity index (χ2n) is 7.41. The van der Waals surface area contributed by atoms with Gasteiger partial charge in [-0.3, -0.25) is 4.79 Å². The van der Waals surface area contributed by atoms with Crippen molar-refractivity contribution in [3.63, 3.8) is 0 Å². The van der Waals surface area contributed by atoms with Gasteiger partial charge in [0, 0.05) is 32.4 Å². The van der Waals surface area contributed by atoms with Crippen LogP contribution in [0.15, 0.2) is 79.0 Å². The summed E-state index contributed by atoms with van der Waals surface area (Å²) in [5.74, 6) is 0.510. The van der Waals surface area contributed by atoms with E-state index < -0.39 is 0 Å². The van der Waals surface area contributed by atoms with Gasteiger partial charge in [-0.2, -0.15) is 5.26 Å². The first-order valence-electron chi connectivity index (χ1n) is 10.3. The summed E-state index contributed by atoms with van der Waals surface area (Å²) >= 11 is 0. The quantitative estimate of drug-likeness (QED) is 0.673. The van der Waals surface area contributed by atoms with Crippen LogP contribution in [0.3, 0.4) is 0 Å². The van der Waals surface area contributed by atoms with E-state index in [1.165, 1.54) is 0 Å². The standard InChI is InChI=1S/C25H24N4O/c26-19-22-13-7-14-27-24(22)28-15-8-16-29(18-17-28)25(30)23(20-9-3-1-4-10-20)21-11-5-2-6-12-21/h1-7,9-14,23H,8,15-18H2. The normalized spacial score (nSPS) is 14.3. The monoisotopic (exact) mass is 396 g/mol. The highest BCUT2D eigenvalue weighted by molar-refractivity contribution is 5.87. The SMILES string of the molecule is N#Cc1cccnc1N1CCCN(C(=O)C(c2ccccc2)c2ccccc2)CC1. The number of aromatic nitrogens is 1. The van der Waals surface area contributed by atoms with E-state index in [1.54, 1.807) is 18.3 Å². The lowest BCUT2D eigenvalue weighted by Gasteiger charge is -2.27. The summed E-state index contributed by atoms with van der Waals surface area (Å²) < 4.78 is 0. The van der Waals surface area contributed by atoms with Crippen molar-refractivity contribution in [1.29, 1.82) is 5.26 Å². The van der Waals surface area contributed by atoms with Gasteiger partial charge in [-0.25, -0.2) is 4.98 Å². The average molecular weight is 396 g/mol. The Balaban J connectivity index is 1.57. The molecule has 4 rings (SSSR count). The van der Waals surface area contributed by atoms with Crippen molar-refractivity contribution < 1.29 is 4.79 Å². The van der Waals surface area contributed by atoms with Gasteiger partial charge in [-0.05, 0) is 29.7 Å². The molecule has 0 saturated carbocycles. The molecule has 0 unspecified atom stereocenters. The second-order valence-corrected chi connectivity index (χ2v) is 7.41. The second kappa shape index (κ2) is 9.23. The number of benzene rings is 2. The van der Waals surface area contributed by atoms with E-state index in [9.17, 15) is 10.1 Å². The smallest absolute Gasteiger partial charge is 0.234 e. The summed E-state index contributed by atoms with van der Waals surface area (Å²) in [6.45, 7) is 2.74. The minimum Gasteiger partial charge on any atom is -0.354 e. The van der Waals surface area contributed by atoms with Gasteiger partial charge in [0.05, 0.1) is 11.5 Å². The predicted molar refractivity (Wildman–Crippen MR) is 117 cm³/mol. The molecular formula is C25H24N4O. The fraction of sp³-hybridized carbons (Fsp3) is 0.240. The summed E-state index contributed by atoms with van der Waals surface area (Å²) in [5, 5.41) is 9.40. The topological polar surface area (TPSA) is 60.2 Å². The number of anilines is 1. The molecule has 1 fully saturated rings. The Morgan fingerprint density at radius 2 is 1.53 bits per heavy atom. The Labute approximate surface area is 177 Å². The molecule has 1 aliphatic heterocycles. The molecule has 30 heavy (non-hydrogen) atoms. The molecule has 1 aromatic heterocycles. The van der Waals surface area contributed by atoms with Gasteiger partial charge in [0.25, 0.3) is 0 Å². The van der Waals surface area contributed by atoms with Crippen LogP contribution in [0.2, 0.25) is 0 Å². The molecule has 0 bridgehead atoms. The summed E-state index contributed by atoms with van der Waals surface area (Å²) in [6.07, 6.45) is 2.55. The minimum atomic E-state index is -0.316. The van der Waals surface area contributed by atoms with Crippen molar-refractivity contribution in [2.24, 2.45) is 0 Å². The van der Waals surface area contributed by atoms with Crippen LogP contribution in [0.4, 0.5) is 5.82 Å². The molecule has 1 aliphatic rings. The van der Waals surface area contributed by atoms with Crippen LogP contribution in [-0.4, -0.2) is 42.0 Å². The number of amides is 1. The maximum atomic E-state index is 13.7. The average Bonchev–Trinajstić information content (AvgIpc) is 3.07. The first kappa shape index (κ1) is 19.7. The van der Waals surface area contributed by atoms with Crippen LogP contribution in [0, 0.1) is 11.3 Å². The lowest BCUT2D eigenvalue weighted by molar-refractivity contribution is -0.131. The summed E-state index contributed by atoms with van der Waals surface area (Å²) in [7, 11) is 0. The van der Waals surface area contributed by atoms with E-state index >= 15 is 0 Å². The number of pyridine rings is 1. The van der Waals surface area contributed by atoms with Gasteiger partial charge in [-0.15, -0.1) is 0 Å². The van der Waals surface area contributed by atoms with Crippen LogP contribution in [0.1, 0.15) is 29.0 Å². The van der Waals surface area contributed by atoms with Gasteiger partial charge in [0.2, 0.25) is 5.91 Å². The maximum absolute atomic E-state index is 13.7. The Morgan fingerprint density at radius 1 is 0.867 bits per heavy atom. The summed E-state index contributed by atoms with van der Waals surface area (Å²) in [4.78, 5) is 22.1. The maximum Gasteiger partial charge on any atom is 0.234 e. The van der Waals surface area contributed by atoms with Crippen LogP contribution in [-0.2, 0) is 4.79 Å². The minimum absolute atomic E-state index is 0.121. The third-order valence-electron chi connectivity index (χ3n) is 5.53. The molecule has 0 spiro atoms. The van der Waals surface area contributed by atoms with Gasteiger partial charge in [-0.1, -0.05) is 60.7 Å². The first-order valence-corrected chi connectivity index (χ1v) is 10.3. The molecule has 1 saturated heterocycles. The van der Waals surface area contributed by atoms with Crippen molar-refractivity contribution in [3.8, 4) is 6.07 Å². The van der Waals surface area contributed by atoms with Crippen molar-refractivity contribution in [3.05, 3.63) is 95.7 Å². The number of hydrogen-bond donors (Lipinski definition) is 0. The Morgan fingerprint density at radius 3 is 2.17 bits per heavy atom. The van der Waals surface area contributed by atoms with Crippen molar-refractivity contribution in [1.82, 2.24) is 9.88 Å². The van der Waals surface area contributed by atoms with Crippen LogP contribution in [0.5, 0.6) is 0 Å². The molecule has 2 heterocycles. The molecule has 5 heteroatoms. The van der Waals surface area contributed by atoms with E-state index in [2.05, 4.69) is 16.0 Å². The highest BCUT2D eigenvalue weighted by Crippen LogP contribution is 2.28. The van der Waals surface area contributed by atoms with E-state index in [0.29, 0.717) is 31.0 Å². The van der Waals surface area contributed by atoms with Crippen LogP contribution >= 0.6 is 0 Å². The van der Waals surface area contributed by atoms with E-state index in [4.69, 9.17) is 0 Å². The third kappa shape index (κ3) is 4.18. The Bertz CT molecular complexity index is 990. The fourth-order valence-corrected chi connectivity index (χ4v) is 4.04. The Hall–Kier alpha value is -3.65. The molecule has 150 valence electrons.